The normalized spacial score (nSPS) is 11.1. The summed E-state index contributed by atoms with van der Waals surface area (Å²) in [5.41, 5.74) is 1.76. The standard InChI is InChI=1S/C12H17N3O2S/c1-4-13-5-11-9(6-16-3)15-12(18-11)10-7-17-8(2)14-10/h7,13H,4-6H2,1-3H3. The minimum atomic E-state index is 0.522. The minimum absolute atomic E-state index is 0.522. The maximum atomic E-state index is 5.22. The van der Waals surface area contributed by atoms with Crippen LogP contribution in [0.1, 0.15) is 23.4 Å². The topological polar surface area (TPSA) is 60.2 Å². The minimum Gasteiger partial charge on any atom is -0.449 e. The van der Waals surface area contributed by atoms with Crippen molar-refractivity contribution in [2.45, 2.75) is 27.0 Å². The smallest absolute Gasteiger partial charge is 0.191 e. The lowest BCUT2D eigenvalue weighted by Gasteiger charge is -2.00. The van der Waals surface area contributed by atoms with E-state index in [0.29, 0.717) is 12.5 Å². The van der Waals surface area contributed by atoms with E-state index in [-0.39, 0.29) is 0 Å². The van der Waals surface area contributed by atoms with Crippen molar-refractivity contribution in [3.05, 3.63) is 22.7 Å². The van der Waals surface area contributed by atoms with Gasteiger partial charge in [-0.1, -0.05) is 6.92 Å². The molecule has 0 fully saturated rings. The molecule has 0 aliphatic heterocycles. The fourth-order valence-electron chi connectivity index (χ4n) is 1.58. The number of nitrogens with one attached hydrogen (secondary N) is 1. The molecule has 5 nitrogen and oxygen atoms in total. The first kappa shape index (κ1) is 13.2. The maximum absolute atomic E-state index is 5.22. The molecule has 0 aliphatic rings. The first-order valence-electron chi connectivity index (χ1n) is 5.85. The third kappa shape index (κ3) is 2.95. The van der Waals surface area contributed by atoms with Gasteiger partial charge in [0.1, 0.15) is 17.0 Å². The van der Waals surface area contributed by atoms with Crippen molar-refractivity contribution in [2.75, 3.05) is 13.7 Å². The molecule has 0 saturated heterocycles. The van der Waals surface area contributed by atoms with Gasteiger partial charge in [0.05, 0.1) is 12.3 Å². The van der Waals surface area contributed by atoms with Gasteiger partial charge in [0.25, 0.3) is 0 Å². The average Bonchev–Trinajstić information content (AvgIpc) is 2.94. The molecule has 1 N–H and O–H groups in total. The molecule has 0 radical (unpaired) electrons. The van der Waals surface area contributed by atoms with E-state index in [2.05, 4.69) is 22.2 Å². The summed E-state index contributed by atoms with van der Waals surface area (Å²) < 4.78 is 10.4. The Labute approximate surface area is 110 Å². The molecule has 18 heavy (non-hydrogen) atoms. The highest BCUT2D eigenvalue weighted by atomic mass is 32.1. The van der Waals surface area contributed by atoms with E-state index < -0.39 is 0 Å². The number of ether oxygens (including phenoxy) is 1. The fraction of sp³-hybridized carbons (Fsp3) is 0.500. The first-order chi connectivity index (χ1) is 8.74. The molecule has 98 valence electrons. The molecule has 0 atom stereocenters. The highest BCUT2D eigenvalue weighted by molar-refractivity contribution is 7.15. The van der Waals surface area contributed by atoms with E-state index in [4.69, 9.17) is 9.15 Å². The number of hydrogen-bond acceptors (Lipinski definition) is 6. The molecule has 0 aromatic carbocycles. The summed E-state index contributed by atoms with van der Waals surface area (Å²) in [5.74, 6) is 0.654. The Morgan fingerprint density at radius 2 is 2.28 bits per heavy atom. The van der Waals surface area contributed by atoms with Crippen molar-refractivity contribution < 1.29 is 9.15 Å². The van der Waals surface area contributed by atoms with Gasteiger partial charge in [-0.2, -0.15) is 0 Å². The second-order valence-corrected chi connectivity index (χ2v) is 4.94. The summed E-state index contributed by atoms with van der Waals surface area (Å²) in [7, 11) is 1.68. The lowest BCUT2D eigenvalue weighted by Crippen LogP contribution is -2.12. The molecular weight excluding hydrogens is 250 g/mol. The van der Waals surface area contributed by atoms with Crippen LogP contribution in [0.4, 0.5) is 0 Å². The van der Waals surface area contributed by atoms with Gasteiger partial charge in [0.15, 0.2) is 5.89 Å². The predicted molar refractivity (Wildman–Crippen MR) is 70.4 cm³/mol. The van der Waals surface area contributed by atoms with E-state index >= 15 is 0 Å². The van der Waals surface area contributed by atoms with E-state index in [1.54, 1.807) is 24.7 Å². The fourth-order valence-corrected chi connectivity index (χ4v) is 2.56. The quantitative estimate of drug-likeness (QED) is 0.870. The number of thiazole rings is 1. The van der Waals surface area contributed by atoms with Gasteiger partial charge < -0.3 is 14.5 Å². The summed E-state index contributed by atoms with van der Waals surface area (Å²) in [6.07, 6.45) is 1.64. The lowest BCUT2D eigenvalue weighted by molar-refractivity contribution is 0.181. The van der Waals surface area contributed by atoms with Crippen LogP contribution in [0.15, 0.2) is 10.7 Å². The lowest BCUT2D eigenvalue weighted by atomic mass is 10.3. The monoisotopic (exact) mass is 267 g/mol. The molecule has 0 amide bonds. The van der Waals surface area contributed by atoms with Gasteiger partial charge >= 0.3 is 0 Å². The Morgan fingerprint density at radius 1 is 1.44 bits per heavy atom. The van der Waals surface area contributed by atoms with E-state index in [1.165, 1.54) is 4.88 Å². The van der Waals surface area contributed by atoms with Crippen molar-refractivity contribution in [3.8, 4) is 10.7 Å². The Kier molecular flexibility index (Phi) is 4.46. The van der Waals surface area contributed by atoms with Crippen LogP contribution in [0.5, 0.6) is 0 Å². The molecule has 2 aromatic rings. The molecule has 0 bridgehead atoms. The highest BCUT2D eigenvalue weighted by Gasteiger charge is 2.14. The zero-order valence-corrected chi connectivity index (χ0v) is 11.6. The average molecular weight is 267 g/mol. The van der Waals surface area contributed by atoms with Crippen molar-refractivity contribution >= 4 is 11.3 Å². The zero-order valence-electron chi connectivity index (χ0n) is 10.8. The third-order valence-corrected chi connectivity index (χ3v) is 3.55. The van der Waals surface area contributed by atoms with E-state index in [9.17, 15) is 0 Å². The number of nitrogens with zero attached hydrogens (tertiary/aromatic N) is 2. The number of oxazole rings is 1. The summed E-state index contributed by atoms with van der Waals surface area (Å²) >= 11 is 1.63. The SMILES string of the molecule is CCNCc1sc(-c2coc(C)n2)nc1COC. The number of aromatic nitrogens is 2. The van der Waals surface area contributed by atoms with Crippen molar-refractivity contribution in [2.24, 2.45) is 0 Å². The molecule has 0 saturated carbocycles. The Morgan fingerprint density at radius 3 is 2.89 bits per heavy atom. The van der Waals surface area contributed by atoms with Gasteiger partial charge in [-0.25, -0.2) is 9.97 Å². The molecule has 2 aromatic heterocycles. The molecule has 2 rings (SSSR count). The molecule has 0 spiro atoms. The number of aryl methyl sites for hydroxylation is 1. The second kappa shape index (κ2) is 6.08. The highest BCUT2D eigenvalue weighted by Crippen LogP contribution is 2.28. The zero-order chi connectivity index (χ0) is 13.0. The van der Waals surface area contributed by atoms with Crippen LogP contribution in [-0.4, -0.2) is 23.6 Å². The van der Waals surface area contributed by atoms with Crippen LogP contribution in [-0.2, 0) is 17.9 Å². The molecule has 6 heteroatoms. The van der Waals surface area contributed by atoms with E-state index in [0.717, 1.165) is 29.5 Å². The largest absolute Gasteiger partial charge is 0.449 e. The van der Waals surface area contributed by atoms with Crippen LogP contribution in [0.2, 0.25) is 0 Å². The number of hydrogen-bond donors (Lipinski definition) is 1. The predicted octanol–water partition coefficient (Wildman–Crippen LogP) is 2.36. The van der Waals surface area contributed by atoms with Gasteiger partial charge in [-0.3, -0.25) is 0 Å². The first-order valence-corrected chi connectivity index (χ1v) is 6.67. The number of methoxy groups -OCH3 is 1. The maximum Gasteiger partial charge on any atom is 0.191 e. The van der Waals surface area contributed by atoms with Crippen LogP contribution in [0, 0.1) is 6.92 Å². The van der Waals surface area contributed by atoms with Crippen molar-refractivity contribution in [3.63, 3.8) is 0 Å². The number of rotatable bonds is 6. The Hall–Kier alpha value is -1.24. The second-order valence-electron chi connectivity index (χ2n) is 3.85. The Bertz CT molecular complexity index is 507. The van der Waals surface area contributed by atoms with Gasteiger partial charge in [-0.15, -0.1) is 11.3 Å². The van der Waals surface area contributed by atoms with Crippen LogP contribution >= 0.6 is 11.3 Å². The van der Waals surface area contributed by atoms with E-state index in [1.807, 2.05) is 6.92 Å². The summed E-state index contributed by atoms with van der Waals surface area (Å²) in [5, 5.41) is 4.19. The van der Waals surface area contributed by atoms with Gasteiger partial charge in [0, 0.05) is 25.5 Å². The summed E-state index contributed by atoms with van der Waals surface area (Å²) in [6, 6.07) is 0. The van der Waals surface area contributed by atoms with Crippen molar-refractivity contribution in [1.82, 2.24) is 15.3 Å². The molecule has 2 heterocycles. The Balaban J connectivity index is 2.26. The molecule has 0 aliphatic carbocycles. The van der Waals surface area contributed by atoms with Crippen LogP contribution in [0.3, 0.4) is 0 Å². The third-order valence-electron chi connectivity index (χ3n) is 2.43. The van der Waals surface area contributed by atoms with Gasteiger partial charge in [0.2, 0.25) is 0 Å². The van der Waals surface area contributed by atoms with Gasteiger partial charge in [-0.05, 0) is 6.54 Å². The molecular formula is C12H17N3O2S. The van der Waals surface area contributed by atoms with Crippen molar-refractivity contribution in [1.29, 1.82) is 0 Å². The molecule has 0 unspecified atom stereocenters. The summed E-state index contributed by atoms with van der Waals surface area (Å²) in [6.45, 7) is 6.17. The van der Waals surface area contributed by atoms with Crippen LogP contribution < -0.4 is 5.32 Å². The summed E-state index contributed by atoms with van der Waals surface area (Å²) in [4.78, 5) is 10.1. The van der Waals surface area contributed by atoms with Crippen LogP contribution in [0.25, 0.3) is 10.7 Å².